The Morgan fingerprint density at radius 2 is 1.62 bits per heavy atom. The molecule has 0 aliphatic heterocycles. The molecule has 1 saturated carbocycles. The van der Waals surface area contributed by atoms with E-state index in [4.69, 9.17) is 0 Å². The Kier molecular flexibility index (Phi) is 13.2. The highest BCUT2D eigenvalue weighted by atomic mass is 14.2. The highest BCUT2D eigenvalue weighted by molar-refractivity contribution is 5.12. The highest BCUT2D eigenvalue weighted by Crippen LogP contribution is 2.32. The lowest BCUT2D eigenvalue weighted by Gasteiger charge is -2.25. The Bertz CT molecular complexity index is 127. The van der Waals surface area contributed by atoms with Gasteiger partial charge in [-0.1, -0.05) is 58.4 Å². The second-order valence-corrected chi connectivity index (χ2v) is 2.77. The van der Waals surface area contributed by atoms with Gasteiger partial charge >= 0.3 is 0 Å². The van der Waals surface area contributed by atoms with Gasteiger partial charge in [0, 0.05) is 0 Å². The Labute approximate surface area is 84.7 Å². The van der Waals surface area contributed by atoms with Crippen LogP contribution in [0, 0.1) is 5.92 Å². The summed E-state index contributed by atoms with van der Waals surface area (Å²) in [6, 6.07) is 0. The molecule has 0 spiro atoms. The predicted molar refractivity (Wildman–Crippen MR) is 64.0 cm³/mol. The fraction of sp³-hybridized carbons (Fsp3) is 0.692. The summed E-state index contributed by atoms with van der Waals surface area (Å²) in [5.74, 6) is 0.892. The van der Waals surface area contributed by atoms with Gasteiger partial charge in [-0.2, -0.15) is 0 Å². The molecule has 1 aliphatic carbocycles. The first-order valence-electron chi connectivity index (χ1n) is 5.64. The molecule has 0 heterocycles. The first-order valence-corrected chi connectivity index (χ1v) is 5.64. The average Bonchev–Trinajstić information content (AvgIpc) is 2.09. The maximum absolute atomic E-state index is 3.67. The van der Waals surface area contributed by atoms with Crippen LogP contribution in [0.2, 0.25) is 0 Å². The monoisotopic (exact) mass is 182 g/mol. The van der Waals surface area contributed by atoms with Gasteiger partial charge in [-0.3, -0.25) is 0 Å². The first kappa shape index (κ1) is 15.0. The maximum Gasteiger partial charge on any atom is -0.0203 e. The van der Waals surface area contributed by atoms with Gasteiger partial charge in [-0.05, 0) is 25.7 Å². The molecule has 78 valence electrons. The normalized spacial score (nSPS) is 15.6. The third kappa shape index (κ3) is 6.62. The molecule has 1 aliphatic rings. The Morgan fingerprint density at radius 1 is 1.15 bits per heavy atom. The fourth-order valence-corrected chi connectivity index (χ4v) is 1.19. The van der Waals surface area contributed by atoms with Crippen molar-refractivity contribution in [3.8, 4) is 0 Å². The molecular formula is C13H26. The van der Waals surface area contributed by atoms with E-state index in [2.05, 4.69) is 19.6 Å². The molecule has 0 aromatic heterocycles. The summed E-state index contributed by atoms with van der Waals surface area (Å²) in [4.78, 5) is 0. The van der Waals surface area contributed by atoms with Crippen LogP contribution in [-0.2, 0) is 0 Å². The minimum atomic E-state index is 0.892. The summed E-state index contributed by atoms with van der Waals surface area (Å²) < 4.78 is 0. The van der Waals surface area contributed by atoms with E-state index in [9.17, 15) is 0 Å². The van der Waals surface area contributed by atoms with Crippen LogP contribution in [0.3, 0.4) is 0 Å². The lowest BCUT2D eigenvalue weighted by atomic mass is 9.80. The van der Waals surface area contributed by atoms with Gasteiger partial charge in [0.25, 0.3) is 0 Å². The van der Waals surface area contributed by atoms with E-state index >= 15 is 0 Å². The standard InChI is InChI=1S/C9H14.2C2H6/c1-3-5-8(2)9-6-4-7-9;2*1-2/h3,5,9H,1,4,6-7H2,2H3;2*1-2H3/b8-5+;;. The SMILES string of the molecule is C=C/C=C(\C)C1CCC1.CC.CC. The molecule has 0 bridgehead atoms. The van der Waals surface area contributed by atoms with E-state index in [1.54, 1.807) is 0 Å². The molecule has 13 heavy (non-hydrogen) atoms. The van der Waals surface area contributed by atoms with Gasteiger partial charge < -0.3 is 0 Å². The van der Waals surface area contributed by atoms with Crippen molar-refractivity contribution in [3.05, 3.63) is 24.3 Å². The molecule has 0 radical (unpaired) electrons. The molecule has 0 aromatic carbocycles. The van der Waals surface area contributed by atoms with Crippen molar-refractivity contribution < 1.29 is 0 Å². The van der Waals surface area contributed by atoms with Crippen molar-refractivity contribution in [2.24, 2.45) is 5.92 Å². The molecular weight excluding hydrogens is 156 g/mol. The van der Waals surface area contributed by atoms with Crippen LogP contribution in [-0.4, -0.2) is 0 Å². The summed E-state index contributed by atoms with van der Waals surface area (Å²) in [6.45, 7) is 13.9. The van der Waals surface area contributed by atoms with Crippen molar-refractivity contribution in [1.82, 2.24) is 0 Å². The Morgan fingerprint density at radius 3 is 1.85 bits per heavy atom. The second-order valence-electron chi connectivity index (χ2n) is 2.77. The minimum Gasteiger partial charge on any atom is -0.0991 e. The van der Waals surface area contributed by atoms with Crippen LogP contribution in [0.25, 0.3) is 0 Å². The van der Waals surface area contributed by atoms with E-state index in [0.29, 0.717) is 0 Å². The Balaban J connectivity index is 0. The maximum atomic E-state index is 3.67. The molecule has 0 N–H and O–H groups in total. The smallest absolute Gasteiger partial charge is 0.0203 e. The van der Waals surface area contributed by atoms with Crippen LogP contribution in [0.15, 0.2) is 24.3 Å². The van der Waals surface area contributed by atoms with Crippen LogP contribution < -0.4 is 0 Å². The molecule has 1 fully saturated rings. The number of hydrogen-bond donors (Lipinski definition) is 0. The number of hydrogen-bond acceptors (Lipinski definition) is 0. The zero-order chi connectivity index (χ0) is 10.7. The van der Waals surface area contributed by atoms with E-state index in [1.807, 2.05) is 33.8 Å². The van der Waals surface area contributed by atoms with Gasteiger partial charge in [-0.15, -0.1) is 0 Å². The van der Waals surface area contributed by atoms with Crippen LogP contribution in [0.4, 0.5) is 0 Å². The number of allylic oxidation sites excluding steroid dienone is 3. The van der Waals surface area contributed by atoms with E-state index < -0.39 is 0 Å². The molecule has 0 saturated heterocycles. The van der Waals surface area contributed by atoms with Crippen molar-refractivity contribution in [2.45, 2.75) is 53.9 Å². The summed E-state index contributed by atoms with van der Waals surface area (Å²) in [6.07, 6.45) is 8.23. The lowest BCUT2D eigenvalue weighted by molar-refractivity contribution is 0.368. The predicted octanol–water partition coefficient (Wildman–Crippen LogP) is 4.97. The molecule has 1 rings (SSSR count). The molecule has 0 aromatic rings. The van der Waals surface area contributed by atoms with Crippen molar-refractivity contribution in [1.29, 1.82) is 0 Å². The summed E-state index contributed by atoms with van der Waals surface area (Å²) in [5.41, 5.74) is 1.51. The van der Waals surface area contributed by atoms with Crippen molar-refractivity contribution in [2.75, 3.05) is 0 Å². The summed E-state index contributed by atoms with van der Waals surface area (Å²) in [5, 5.41) is 0. The molecule has 0 nitrogen and oxygen atoms in total. The molecule has 0 amide bonds. The van der Waals surface area contributed by atoms with Crippen molar-refractivity contribution >= 4 is 0 Å². The lowest BCUT2D eigenvalue weighted by Crippen LogP contribution is -2.11. The largest absolute Gasteiger partial charge is 0.0991 e. The average molecular weight is 182 g/mol. The zero-order valence-electron chi connectivity index (χ0n) is 10.1. The van der Waals surface area contributed by atoms with Crippen molar-refractivity contribution in [3.63, 3.8) is 0 Å². The third-order valence-corrected chi connectivity index (χ3v) is 2.13. The highest BCUT2D eigenvalue weighted by Gasteiger charge is 2.17. The second kappa shape index (κ2) is 11.5. The summed E-state index contributed by atoms with van der Waals surface area (Å²) in [7, 11) is 0. The van der Waals surface area contributed by atoms with Gasteiger partial charge in [0.2, 0.25) is 0 Å². The molecule has 0 atom stereocenters. The minimum absolute atomic E-state index is 0.892. The van der Waals surface area contributed by atoms with Crippen LogP contribution in [0.1, 0.15) is 53.9 Å². The first-order chi connectivity index (χ1) is 6.34. The quantitative estimate of drug-likeness (QED) is 0.529. The Hall–Kier alpha value is -0.520. The van der Waals surface area contributed by atoms with E-state index in [0.717, 1.165) is 5.92 Å². The van der Waals surface area contributed by atoms with E-state index in [-0.39, 0.29) is 0 Å². The fourth-order valence-electron chi connectivity index (χ4n) is 1.19. The molecule has 0 unspecified atom stereocenters. The summed E-state index contributed by atoms with van der Waals surface area (Å²) >= 11 is 0. The van der Waals surface area contributed by atoms with Crippen LogP contribution in [0.5, 0.6) is 0 Å². The molecule has 0 heteroatoms. The third-order valence-electron chi connectivity index (χ3n) is 2.13. The van der Waals surface area contributed by atoms with E-state index in [1.165, 1.54) is 24.8 Å². The number of rotatable bonds is 2. The van der Waals surface area contributed by atoms with Gasteiger partial charge in [0.05, 0.1) is 0 Å². The topological polar surface area (TPSA) is 0 Å². The zero-order valence-corrected chi connectivity index (χ0v) is 10.1. The van der Waals surface area contributed by atoms with Gasteiger partial charge in [-0.25, -0.2) is 0 Å². The van der Waals surface area contributed by atoms with Crippen LogP contribution >= 0.6 is 0 Å². The van der Waals surface area contributed by atoms with Gasteiger partial charge in [0.15, 0.2) is 0 Å². The van der Waals surface area contributed by atoms with Gasteiger partial charge in [0.1, 0.15) is 0 Å².